The van der Waals surface area contributed by atoms with Crippen molar-refractivity contribution >= 4 is 23.4 Å². The molecule has 0 bridgehead atoms. The normalized spacial score (nSPS) is 22.1. The summed E-state index contributed by atoms with van der Waals surface area (Å²) in [5.41, 5.74) is 0.0429. The van der Waals surface area contributed by atoms with Crippen LogP contribution in [0.1, 0.15) is 32.6 Å². The molecule has 2 rings (SSSR count). The van der Waals surface area contributed by atoms with Crippen LogP contribution in [0.2, 0.25) is 0 Å². The number of carbonyl (C=O) groups excluding carboxylic acids is 1. The summed E-state index contributed by atoms with van der Waals surface area (Å²) >= 11 is 1.85. The Morgan fingerprint density at radius 2 is 2.29 bits per heavy atom. The molecule has 116 valence electrons. The lowest BCUT2D eigenvalue weighted by Crippen LogP contribution is -2.44. The molecule has 2 aliphatic heterocycles. The molecule has 0 aromatic rings. The number of ether oxygens (including phenoxy) is 1. The predicted molar refractivity (Wildman–Crippen MR) is 83.5 cm³/mol. The van der Waals surface area contributed by atoms with E-state index in [0.717, 1.165) is 24.3 Å². The summed E-state index contributed by atoms with van der Waals surface area (Å²) in [4.78, 5) is 17.3. The molecule has 0 radical (unpaired) electrons. The summed E-state index contributed by atoms with van der Waals surface area (Å²) < 4.78 is 5.66. The number of oxime groups is 1. The van der Waals surface area contributed by atoms with Crippen LogP contribution >= 0.6 is 11.8 Å². The van der Waals surface area contributed by atoms with Crippen molar-refractivity contribution < 1.29 is 19.5 Å². The van der Waals surface area contributed by atoms with Gasteiger partial charge in [-0.15, -0.1) is 0 Å². The minimum Gasteiger partial charge on any atom is -0.511 e. The average Bonchev–Trinajstić information content (AvgIpc) is 2.45. The Hall–Kier alpha value is -1.43. The minimum atomic E-state index is -0.531. The van der Waals surface area contributed by atoms with E-state index in [1.54, 1.807) is 6.08 Å². The van der Waals surface area contributed by atoms with Crippen LogP contribution in [0.25, 0.3) is 0 Å². The third-order valence-corrected chi connectivity index (χ3v) is 4.67. The number of hydrogen-bond acceptors (Lipinski definition) is 6. The van der Waals surface area contributed by atoms with Crippen molar-refractivity contribution in [1.29, 1.82) is 0 Å². The van der Waals surface area contributed by atoms with E-state index < -0.39 is 11.6 Å². The van der Waals surface area contributed by atoms with Crippen LogP contribution < -0.4 is 0 Å². The fraction of sp³-hybridized carbons (Fsp3) is 0.600. The number of rotatable bonds is 5. The molecule has 1 N–H and O–H groups in total. The Bertz CT molecular complexity index is 478. The van der Waals surface area contributed by atoms with E-state index in [9.17, 15) is 9.90 Å². The van der Waals surface area contributed by atoms with Crippen LogP contribution in [-0.4, -0.2) is 40.5 Å². The smallest absolute Gasteiger partial charge is 0.344 e. The summed E-state index contributed by atoms with van der Waals surface area (Å²) in [6, 6.07) is 0. The van der Waals surface area contributed by atoms with Gasteiger partial charge in [-0.25, -0.2) is 4.79 Å². The quantitative estimate of drug-likeness (QED) is 0.278. The molecule has 0 aromatic heterocycles. The molecule has 1 saturated heterocycles. The number of hydrogen-bond donors (Lipinski definition) is 1. The lowest BCUT2D eigenvalue weighted by molar-refractivity contribution is -0.158. The highest BCUT2D eigenvalue weighted by molar-refractivity contribution is 7.99. The van der Waals surface area contributed by atoms with E-state index in [4.69, 9.17) is 9.57 Å². The fourth-order valence-electron chi connectivity index (χ4n) is 2.56. The van der Waals surface area contributed by atoms with E-state index in [2.05, 4.69) is 11.7 Å². The van der Waals surface area contributed by atoms with E-state index in [1.165, 1.54) is 0 Å². The first-order chi connectivity index (χ1) is 10.1. The zero-order chi connectivity index (χ0) is 15.3. The molecule has 2 heterocycles. The zero-order valence-corrected chi connectivity index (χ0v) is 13.1. The van der Waals surface area contributed by atoms with Gasteiger partial charge in [0.15, 0.2) is 0 Å². The van der Waals surface area contributed by atoms with Crippen LogP contribution in [0.4, 0.5) is 0 Å². The molecule has 2 aliphatic rings. The highest BCUT2D eigenvalue weighted by Gasteiger charge is 2.43. The fourth-order valence-corrected chi connectivity index (χ4v) is 3.79. The molecule has 0 atom stereocenters. The Balaban J connectivity index is 2.22. The maximum absolute atomic E-state index is 12.3. The number of esters is 1. The van der Waals surface area contributed by atoms with Crippen LogP contribution in [0, 0.1) is 0 Å². The monoisotopic (exact) mass is 311 g/mol. The lowest BCUT2D eigenvalue weighted by atomic mass is 9.87. The second-order valence-electron chi connectivity index (χ2n) is 5.16. The van der Waals surface area contributed by atoms with Crippen molar-refractivity contribution in [2.24, 2.45) is 5.16 Å². The van der Waals surface area contributed by atoms with Crippen molar-refractivity contribution in [2.75, 3.05) is 18.1 Å². The lowest BCUT2D eigenvalue weighted by Gasteiger charge is -2.39. The molecule has 21 heavy (non-hydrogen) atoms. The highest BCUT2D eigenvalue weighted by atomic mass is 32.2. The average molecular weight is 311 g/mol. The van der Waals surface area contributed by atoms with E-state index in [-0.39, 0.29) is 17.9 Å². The summed E-state index contributed by atoms with van der Waals surface area (Å²) in [7, 11) is 0. The summed E-state index contributed by atoms with van der Waals surface area (Å²) in [6.45, 7) is 5.64. The van der Waals surface area contributed by atoms with Gasteiger partial charge in [-0.1, -0.05) is 24.7 Å². The first-order valence-corrected chi connectivity index (χ1v) is 8.30. The van der Waals surface area contributed by atoms with Crippen LogP contribution in [0.3, 0.4) is 0 Å². The third-order valence-electron chi connectivity index (χ3n) is 3.69. The standard InChI is InChI=1S/C15H21NO4S/c1-3-7-19-16-11(4-2)13-12(17)10-15(20-14(13)18)5-8-21-9-6-15/h3,17H,1,4-10H2,2H3/b16-11-. The van der Waals surface area contributed by atoms with Crippen molar-refractivity contribution in [3.8, 4) is 0 Å². The third kappa shape index (κ3) is 3.61. The summed E-state index contributed by atoms with van der Waals surface area (Å²) in [6.07, 6.45) is 3.99. The van der Waals surface area contributed by atoms with Gasteiger partial charge in [-0.2, -0.15) is 11.8 Å². The van der Waals surface area contributed by atoms with Crippen LogP contribution in [0.5, 0.6) is 0 Å². The van der Waals surface area contributed by atoms with E-state index in [0.29, 0.717) is 18.6 Å². The van der Waals surface area contributed by atoms with Crippen LogP contribution in [-0.2, 0) is 14.4 Å². The molecule has 6 heteroatoms. The molecule has 5 nitrogen and oxygen atoms in total. The van der Waals surface area contributed by atoms with Gasteiger partial charge in [-0.3, -0.25) is 0 Å². The van der Waals surface area contributed by atoms with Gasteiger partial charge in [0.05, 0.1) is 5.71 Å². The second-order valence-corrected chi connectivity index (χ2v) is 6.38. The van der Waals surface area contributed by atoms with Gasteiger partial charge in [0.1, 0.15) is 23.5 Å². The molecule has 1 spiro atoms. The van der Waals surface area contributed by atoms with Gasteiger partial charge in [0, 0.05) is 6.42 Å². The Morgan fingerprint density at radius 3 is 2.86 bits per heavy atom. The number of nitrogens with zero attached hydrogens (tertiary/aromatic N) is 1. The van der Waals surface area contributed by atoms with E-state index in [1.807, 2.05) is 18.7 Å². The molecule has 0 saturated carbocycles. The van der Waals surface area contributed by atoms with E-state index >= 15 is 0 Å². The number of thioether (sulfide) groups is 1. The molecule has 0 aromatic carbocycles. The minimum absolute atomic E-state index is 0.0703. The highest BCUT2D eigenvalue weighted by Crippen LogP contribution is 2.39. The van der Waals surface area contributed by atoms with Gasteiger partial charge in [-0.05, 0) is 30.8 Å². The molecular weight excluding hydrogens is 290 g/mol. The molecular formula is C15H21NO4S. The van der Waals surface area contributed by atoms with Gasteiger partial charge < -0.3 is 14.7 Å². The number of aliphatic hydroxyl groups excluding tert-OH is 1. The SMILES string of the molecule is C=CCO/N=C(/CC)C1=C(O)CC2(CCSCC2)OC1=O. The van der Waals surface area contributed by atoms with Gasteiger partial charge in [0.25, 0.3) is 0 Å². The van der Waals surface area contributed by atoms with Crippen LogP contribution in [0.15, 0.2) is 29.1 Å². The van der Waals surface area contributed by atoms with Crippen molar-refractivity contribution in [1.82, 2.24) is 0 Å². The van der Waals surface area contributed by atoms with Gasteiger partial charge in [0.2, 0.25) is 0 Å². The maximum Gasteiger partial charge on any atom is 0.344 e. The molecule has 0 aliphatic carbocycles. The second kappa shape index (κ2) is 7.02. The molecule has 0 amide bonds. The van der Waals surface area contributed by atoms with Crippen molar-refractivity contribution in [3.63, 3.8) is 0 Å². The Morgan fingerprint density at radius 1 is 1.57 bits per heavy atom. The Kier molecular flexibility index (Phi) is 5.33. The maximum atomic E-state index is 12.3. The van der Waals surface area contributed by atoms with Crippen molar-refractivity contribution in [2.45, 2.75) is 38.2 Å². The Labute approximate surface area is 129 Å². The molecule has 1 fully saturated rings. The predicted octanol–water partition coefficient (Wildman–Crippen LogP) is 2.98. The summed E-state index contributed by atoms with van der Waals surface area (Å²) in [5, 5.41) is 14.2. The zero-order valence-electron chi connectivity index (χ0n) is 12.3. The largest absolute Gasteiger partial charge is 0.511 e. The van der Waals surface area contributed by atoms with Gasteiger partial charge >= 0.3 is 5.97 Å². The number of carbonyl (C=O) groups is 1. The summed E-state index contributed by atoms with van der Waals surface area (Å²) in [5.74, 6) is 1.48. The first-order valence-electron chi connectivity index (χ1n) is 7.15. The first kappa shape index (κ1) is 15.9. The topological polar surface area (TPSA) is 68.1 Å². The van der Waals surface area contributed by atoms with Crippen molar-refractivity contribution in [3.05, 3.63) is 24.0 Å². The number of aliphatic hydroxyl groups is 1. The molecule has 0 unspecified atom stereocenters.